The fraction of sp³-hybridized carbons (Fsp3) is 0.435. The predicted molar refractivity (Wildman–Crippen MR) is 123 cm³/mol. The summed E-state index contributed by atoms with van der Waals surface area (Å²) in [7, 11) is -4.10. The minimum absolute atomic E-state index is 0.0907. The number of esters is 1. The number of rotatable bonds is 9. The molecular weight excluding hydrogens is 447 g/mol. The number of nitrogens with one attached hydrogen (secondary N) is 1. The molecular formula is C23H29N2O7P. The molecule has 0 heterocycles. The lowest BCUT2D eigenvalue weighted by Crippen LogP contribution is -2.37. The molecule has 0 aromatic heterocycles. The van der Waals surface area contributed by atoms with Gasteiger partial charge >= 0.3 is 13.7 Å². The lowest BCUT2D eigenvalue weighted by molar-refractivity contribution is -0.384. The van der Waals surface area contributed by atoms with Crippen molar-refractivity contribution in [3.63, 3.8) is 0 Å². The third-order valence-electron chi connectivity index (χ3n) is 5.28. The summed E-state index contributed by atoms with van der Waals surface area (Å²) in [5.74, 6) is -0.173. The molecule has 0 aliphatic heterocycles. The summed E-state index contributed by atoms with van der Waals surface area (Å²) in [5.41, 5.74) is -0.134. The molecule has 1 saturated carbocycles. The maximum Gasteiger partial charge on any atom is 0.513 e. The van der Waals surface area contributed by atoms with Crippen LogP contribution in [0.3, 0.4) is 0 Å². The Bertz CT molecular complexity index is 961. The summed E-state index contributed by atoms with van der Waals surface area (Å²) in [4.78, 5) is 23.1. The van der Waals surface area contributed by atoms with Gasteiger partial charge in [-0.2, -0.15) is 5.09 Å². The van der Waals surface area contributed by atoms with Crippen LogP contribution in [0.2, 0.25) is 0 Å². The fourth-order valence-corrected chi connectivity index (χ4v) is 5.07. The van der Waals surface area contributed by atoms with Gasteiger partial charge in [-0.05, 0) is 56.9 Å². The second kappa shape index (κ2) is 11.8. The Labute approximate surface area is 193 Å². The van der Waals surface area contributed by atoms with Crippen LogP contribution < -0.4 is 14.1 Å². The highest BCUT2D eigenvalue weighted by Crippen LogP contribution is 2.45. The number of hydrogen-bond donors (Lipinski definition) is 1. The summed E-state index contributed by atoms with van der Waals surface area (Å²) < 4.78 is 30.4. The van der Waals surface area contributed by atoms with Crippen LogP contribution >= 0.6 is 7.75 Å². The van der Waals surface area contributed by atoms with Crippen molar-refractivity contribution in [2.75, 3.05) is 0 Å². The molecule has 0 bridgehead atoms. The van der Waals surface area contributed by atoms with Gasteiger partial charge < -0.3 is 13.8 Å². The highest BCUT2D eigenvalue weighted by molar-refractivity contribution is 7.52. The SMILES string of the molecule is CC(NP(=O)(Oc1ccccc1)Oc1ccc([N+](=O)[O-])cc1)C(=O)OC1CCCCCCC1. The van der Waals surface area contributed by atoms with Crippen molar-refractivity contribution in [2.24, 2.45) is 0 Å². The average Bonchev–Trinajstić information content (AvgIpc) is 2.76. The molecule has 9 nitrogen and oxygen atoms in total. The Morgan fingerprint density at radius 1 is 0.970 bits per heavy atom. The second-order valence-electron chi connectivity index (χ2n) is 8.00. The zero-order valence-electron chi connectivity index (χ0n) is 18.6. The van der Waals surface area contributed by atoms with Gasteiger partial charge in [0.2, 0.25) is 0 Å². The molecule has 0 radical (unpaired) electrons. The first-order valence-corrected chi connectivity index (χ1v) is 12.7. The standard InChI is InChI=1S/C23H29N2O7P/c1-18(23(26)30-20-10-6-3-2-4-7-11-20)24-33(29,31-21-12-8-5-9-13-21)32-22-16-14-19(15-17-22)25(27)28/h5,8-9,12-18,20H,2-4,6-7,10-11H2,1H3,(H,24,29). The van der Waals surface area contributed by atoms with Crippen LogP contribution in [-0.2, 0) is 14.1 Å². The zero-order valence-corrected chi connectivity index (χ0v) is 19.4. The smallest absolute Gasteiger partial charge is 0.461 e. The first-order valence-electron chi connectivity index (χ1n) is 11.1. The molecule has 33 heavy (non-hydrogen) atoms. The molecule has 0 amide bonds. The number of non-ortho nitro benzene ring substituents is 1. The molecule has 2 atom stereocenters. The van der Waals surface area contributed by atoms with Gasteiger partial charge in [0.25, 0.3) is 5.69 Å². The first-order chi connectivity index (χ1) is 15.8. The lowest BCUT2D eigenvalue weighted by atomic mass is 9.98. The highest BCUT2D eigenvalue weighted by Gasteiger charge is 2.34. The van der Waals surface area contributed by atoms with Crippen LogP contribution in [-0.4, -0.2) is 23.0 Å². The minimum Gasteiger partial charge on any atom is -0.461 e. The average molecular weight is 476 g/mol. The van der Waals surface area contributed by atoms with Gasteiger partial charge in [0.05, 0.1) is 4.92 Å². The molecule has 1 fully saturated rings. The summed E-state index contributed by atoms with van der Waals surface area (Å²) in [6, 6.07) is 12.5. The molecule has 2 aromatic carbocycles. The van der Waals surface area contributed by atoms with Crippen LogP contribution in [0, 0.1) is 10.1 Å². The van der Waals surface area contributed by atoms with Crippen molar-refractivity contribution in [3.8, 4) is 11.5 Å². The van der Waals surface area contributed by atoms with Crippen molar-refractivity contribution in [2.45, 2.75) is 64.0 Å². The van der Waals surface area contributed by atoms with Gasteiger partial charge in [-0.3, -0.25) is 14.9 Å². The van der Waals surface area contributed by atoms with E-state index in [1.807, 2.05) is 0 Å². The fourth-order valence-electron chi connectivity index (χ4n) is 3.55. The Kier molecular flexibility index (Phi) is 8.86. The van der Waals surface area contributed by atoms with Crippen molar-refractivity contribution in [3.05, 3.63) is 64.7 Å². The quantitative estimate of drug-likeness (QED) is 0.209. The van der Waals surface area contributed by atoms with Crippen molar-refractivity contribution in [1.82, 2.24) is 5.09 Å². The van der Waals surface area contributed by atoms with E-state index in [2.05, 4.69) is 5.09 Å². The molecule has 1 aliphatic rings. The van der Waals surface area contributed by atoms with Gasteiger partial charge in [0.15, 0.2) is 0 Å². The lowest BCUT2D eigenvalue weighted by Gasteiger charge is -2.25. The van der Waals surface area contributed by atoms with Crippen LogP contribution in [0.15, 0.2) is 54.6 Å². The Morgan fingerprint density at radius 3 is 2.09 bits per heavy atom. The minimum atomic E-state index is -4.10. The molecule has 1 aliphatic carbocycles. The van der Waals surface area contributed by atoms with E-state index in [0.717, 1.165) is 38.5 Å². The molecule has 3 rings (SSSR count). The van der Waals surface area contributed by atoms with Crippen molar-refractivity contribution >= 4 is 19.4 Å². The number of benzene rings is 2. The molecule has 10 heteroatoms. The Morgan fingerprint density at radius 2 is 1.52 bits per heavy atom. The summed E-state index contributed by atoms with van der Waals surface area (Å²) >= 11 is 0. The van der Waals surface area contributed by atoms with E-state index in [0.29, 0.717) is 0 Å². The van der Waals surface area contributed by atoms with Gasteiger partial charge in [0.1, 0.15) is 23.6 Å². The van der Waals surface area contributed by atoms with E-state index in [1.165, 1.54) is 37.6 Å². The number of para-hydroxylation sites is 1. The van der Waals surface area contributed by atoms with Crippen molar-refractivity contribution in [1.29, 1.82) is 0 Å². The van der Waals surface area contributed by atoms with E-state index in [1.54, 1.807) is 30.3 Å². The molecule has 1 N–H and O–H groups in total. The number of nitrogens with zero attached hydrogens (tertiary/aromatic N) is 1. The molecule has 0 spiro atoms. The number of carbonyl (C=O) groups excluding carboxylic acids is 1. The van der Waals surface area contributed by atoms with Crippen LogP contribution in [0.1, 0.15) is 51.9 Å². The monoisotopic (exact) mass is 476 g/mol. The third kappa shape index (κ3) is 7.87. The summed E-state index contributed by atoms with van der Waals surface area (Å²) in [6.45, 7) is 1.53. The van der Waals surface area contributed by atoms with Crippen molar-refractivity contribution < 1.29 is 28.1 Å². The number of hydrogen-bond acceptors (Lipinski definition) is 7. The van der Waals surface area contributed by atoms with E-state index in [9.17, 15) is 19.5 Å². The van der Waals surface area contributed by atoms with E-state index in [-0.39, 0.29) is 23.3 Å². The maximum atomic E-state index is 13.6. The van der Waals surface area contributed by atoms with Gasteiger partial charge in [-0.15, -0.1) is 0 Å². The normalized spacial score (nSPS) is 17.6. The second-order valence-corrected chi connectivity index (χ2v) is 9.62. The van der Waals surface area contributed by atoms with Crippen LogP contribution in [0.25, 0.3) is 0 Å². The summed E-state index contributed by atoms with van der Waals surface area (Å²) in [5, 5.41) is 13.5. The van der Waals surface area contributed by atoms with E-state index in [4.69, 9.17) is 13.8 Å². The number of carbonyl (C=O) groups is 1. The molecule has 0 saturated heterocycles. The topological polar surface area (TPSA) is 117 Å². The van der Waals surface area contributed by atoms with Crippen LogP contribution in [0.4, 0.5) is 5.69 Å². The first kappa shape index (κ1) is 24.7. The molecule has 2 aromatic rings. The van der Waals surface area contributed by atoms with E-state index >= 15 is 0 Å². The molecule has 2 unspecified atom stereocenters. The Balaban J connectivity index is 1.71. The highest BCUT2D eigenvalue weighted by atomic mass is 31.2. The maximum absolute atomic E-state index is 13.6. The number of nitro groups is 1. The molecule has 178 valence electrons. The largest absolute Gasteiger partial charge is 0.513 e. The van der Waals surface area contributed by atoms with Crippen LogP contribution in [0.5, 0.6) is 11.5 Å². The van der Waals surface area contributed by atoms with E-state index < -0.39 is 24.7 Å². The number of nitro benzene ring substituents is 1. The Hall–Kier alpha value is -2.90. The van der Waals surface area contributed by atoms with Gasteiger partial charge in [-0.25, -0.2) is 4.57 Å². The van der Waals surface area contributed by atoms with Gasteiger partial charge in [-0.1, -0.05) is 37.5 Å². The predicted octanol–water partition coefficient (Wildman–Crippen LogP) is 5.79. The van der Waals surface area contributed by atoms with Gasteiger partial charge in [0, 0.05) is 12.1 Å². The third-order valence-corrected chi connectivity index (χ3v) is 6.89. The summed E-state index contributed by atoms with van der Waals surface area (Å²) in [6.07, 6.45) is 6.96. The number of ether oxygens (including phenoxy) is 1. The zero-order chi connectivity index (χ0) is 23.7.